The van der Waals surface area contributed by atoms with Gasteiger partial charge in [0.25, 0.3) is 0 Å². The molecule has 2 aliphatic heterocycles. The van der Waals surface area contributed by atoms with Gasteiger partial charge in [0.05, 0.1) is 6.61 Å². The minimum atomic E-state index is -1.46. The van der Waals surface area contributed by atoms with E-state index in [9.17, 15) is 30.6 Å². The summed E-state index contributed by atoms with van der Waals surface area (Å²) < 4.78 is 16.9. The van der Waals surface area contributed by atoms with Crippen molar-refractivity contribution in [2.45, 2.75) is 43.5 Å². The Morgan fingerprint density at radius 3 is 2.48 bits per heavy atom. The third-order valence-corrected chi connectivity index (χ3v) is 5.15. The van der Waals surface area contributed by atoms with Gasteiger partial charge in [-0.3, -0.25) is 0 Å². The van der Waals surface area contributed by atoms with Crippen LogP contribution in [-0.2, 0) is 11.2 Å². The molecule has 1 unspecified atom stereocenters. The van der Waals surface area contributed by atoms with Crippen molar-refractivity contribution in [1.29, 1.82) is 0 Å². The number of hydrogen-bond acceptors (Lipinski definition) is 9. The number of phenolic OH excluding ortho intramolecular Hbond substituents is 3. The molecule has 0 spiro atoms. The molecule has 2 heterocycles. The van der Waals surface area contributed by atoms with E-state index >= 15 is 0 Å². The van der Waals surface area contributed by atoms with Crippen molar-refractivity contribution in [2.75, 3.05) is 6.61 Å². The second-order valence-electron chi connectivity index (χ2n) is 7.18. The number of fused-ring (bicyclic) bond motifs is 1. The Morgan fingerprint density at radius 1 is 0.931 bits per heavy atom. The molecule has 5 atom stereocenters. The van der Waals surface area contributed by atoms with Crippen LogP contribution >= 0.6 is 0 Å². The summed E-state index contributed by atoms with van der Waals surface area (Å²) >= 11 is 0. The lowest BCUT2D eigenvalue weighted by Gasteiger charge is -2.36. The minimum absolute atomic E-state index is 0.126. The van der Waals surface area contributed by atoms with E-state index < -0.39 is 30.7 Å². The Bertz CT molecular complexity index is 900. The summed E-state index contributed by atoms with van der Waals surface area (Å²) in [7, 11) is 0. The van der Waals surface area contributed by atoms with Gasteiger partial charge >= 0.3 is 0 Å². The standard InChI is InChI=1S/C20H22O9/c21-10-6-16-11(2-4-15(28-16)9-1-3-12(22)13(23)5-9)17(7-10)29-20-19(26)18(25)14(24)8-27-20/h1,3,5-7,14-15,18-26H,2,4,8H2/t14-,15+,18+,19?,20+/m1/s1. The zero-order valence-electron chi connectivity index (χ0n) is 15.3. The Kier molecular flexibility index (Phi) is 5.13. The van der Waals surface area contributed by atoms with Crippen LogP contribution in [0.1, 0.15) is 23.7 Å². The number of aliphatic hydroxyl groups is 3. The number of hydrogen-bond donors (Lipinski definition) is 6. The summed E-state index contributed by atoms with van der Waals surface area (Å²) in [5.41, 5.74) is 1.32. The monoisotopic (exact) mass is 406 g/mol. The lowest BCUT2D eigenvalue weighted by atomic mass is 9.96. The molecular weight excluding hydrogens is 384 g/mol. The van der Waals surface area contributed by atoms with Crippen molar-refractivity contribution in [1.82, 2.24) is 0 Å². The van der Waals surface area contributed by atoms with Gasteiger partial charge in [-0.05, 0) is 30.5 Å². The zero-order valence-corrected chi connectivity index (χ0v) is 15.3. The minimum Gasteiger partial charge on any atom is -0.508 e. The molecule has 0 bridgehead atoms. The van der Waals surface area contributed by atoms with Crippen LogP contribution in [0.4, 0.5) is 0 Å². The van der Waals surface area contributed by atoms with Crippen LogP contribution in [-0.4, -0.2) is 61.8 Å². The number of rotatable bonds is 3. The van der Waals surface area contributed by atoms with Gasteiger partial charge < -0.3 is 44.8 Å². The first kappa shape index (κ1) is 19.6. The normalized spacial score (nSPS) is 29.0. The molecule has 4 rings (SSSR count). The highest BCUT2D eigenvalue weighted by atomic mass is 16.7. The van der Waals surface area contributed by atoms with Gasteiger partial charge in [-0.25, -0.2) is 0 Å². The fourth-order valence-electron chi connectivity index (χ4n) is 3.53. The fraction of sp³-hybridized carbons (Fsp3) is 0.400. The molecule has 2 aliphatic rings. The molecule has 0 saturated carbocycles. The average molecular weight is 406 g/mol. The van der Waals surface area contributed by atoms with Gasteiger partial charge in [0.1, 0.15) is 41.7 Å². The predicted octanol–water partition coefficient (Wildman–Crippen LogP) is 0.687. The second kappa shape index (κ2) is 7.60. The molecule has 1 saturated heterocycles. The highest BCUT2D eigenvalue weighted by Gasteiger charge is 2.39. The van der Waals surface area contributed by atoms with Crippen molar-refractivity contribution in [3.8, 4) is 28.7 Å². The first-order chi connectivity index (χ1) is 13.8. The first-order valence-corrected chi connectivity index (χ1v) is 9.20. The summed E-state index contributed by atoms with van der Waals surface area (Å²) in [4.78, 5) is 0. The first-order valence-electron chi connectivity index (χ1n) is 9.20. The third kappa shape index (κ3) is 3.77. The topological polar surface area (TPSA) is 149 Å². The predicted molar refractivity (Wildman–Crippen MR) is 98.0 cm³/mol. The summed E-state index contributed by atoms with van der Waals surface area (Å²) in [6, 6.07) is 7.24. The molecule has 9 nitrogen and oxygen atoms in total. The van der Waals surface area contributed by atoms with Crippen LogP contribution in [0.25, 0.3) is 0 Å². The maximum atomic E-state index is 10.1. The van der Waals surface area contributed by atoms with Crippen LogP contribution in [0.5, 0.6) is 28.7 Å². The van der Waals surface area contributed by atoms with Crippen molar-refractivity contribution in [3.05, 3.63) is 41.5 Å². The number of aliphatic hydroxyl groups excluding tert-OH is 3. The molecule has 0 aliphatic carbocycles. The molecular formula is C20H22O9. The molecule has 29 heavy (non-hydrogen) atoms. The number of ether oxygens (including phenoxy) is 3. The van der Waals surface area contributed by atoms with Crippen LogP contribution in [0.3, 0.4) is 0 Å². The molecule has 0 amide bonds. The van der Waals surface area contributed by atoms with Crippen molar-refractivity contribution in [3.63, 3.8) is 0 Å². The zero-order chi connectivity index (χ0) is 20.7. The molecule has 2 aromatic rings. The highest BCUT2D eigenvalue weighted by Crippen LogP contribution is 2.43. The SMILES string of the molecule is Oc1cc(O[C@@H]2OC[C@@H](O)[C@H](O)C2O)c2c(c1)O[C@H](c1ccc(O)c(O)c1)CC2. The smallest absolute Gasteiger partial charge is 0.228 e. The van der Waals surface area contributed by atoms with E-state index in [1.165, 1.54) is 24.3 Å². The van der Waals surface area contributed by atoms with Gasteiger partial charge in [0.2, 0.25) is 6.29 Å². The second-order valence-corrected chi connectivity index (χ2v) is 7.18. The van der Waals surface area contributed by atoms with E-state index in [0.29, 0.717) is 29.7 Å². The molecule has 6 N–H and O–H groups in total. The lowest BCUT2D eigenvalue weighted by Crippen LogP contribution is -2.54. The lowest BCUT2D eigenvalue weighted by molar-refractivity contribution is -0.242. The highest BCUT2D eigenvalue weighted by molar-refractivity contribution is 5.52. The van der Waals surface area contributed by atoms with Gasteiger partial charge in [0, 0.05) is 17.7 Å². The van der Waals surface area contributed by atoms with Gasteiger partial charge in [-0.15, -0.1) is 0 Å². The number of phenols is 3. The van der Waals surface area contributed by atoms with E-state index in [1.54, 1.807) is 6.07 Å². The van der Waals surface area contributed by atoms with E-state index in [4.69, 9.17) is 14.2 Å². The quantitative estimate of drug-likeness (QED) is 0.405. The van der Waals surface area contributed by atoms with Crippen LogP contribution in [0, 0.1) is 0 Å². The Labute approximate surface area is 166 Å². The molecule has 0 aromatic heterocycles. The van der Waals surface area contributed by atoms with E-state index in [2.05, 4.69) is 0 Å². The Hall–Kier alpha value is -2.72. The van der Waals surface area contributed by atoms with E-state index in [0.717, 1.165) is 0 Å². The summed E-state index contributed by atoms with van der Waals surface area (Å²) in [5.74, 6) is 0.00539. The largest absolute Gasteiger partial charge is 0.508 e. The van der Waals surface area contributed by atoms with Crippen molar-refractivity contribution < 1.29 is 44.8 Å². The van der Waals surface area contributed by atoms with Crippen LogP contribution < -0.4 is 9.47 Å². The molecule has 1 fully saturated rings. The van der Waals surface area contributed by atoms with Gasteiger partial charge in [0.15, 0.2) is 11.5 Å². The van der Waals surface area contributed by atoms with E-state index in [-0.39, 0.29) is 29.6 Å². The van der Waals surface area contributed by atoms with Crippen LogP contribution in [0.15, 0.2) is 30.3 Å². The average Bonchev–Trinajstić information content (AvgIpc) is 2.70. The maximum absolute atomic E-state index is 10.1. The van der Waals surface area contributed by atoms with E-state index in [1.807, 2.05) is 0 Å². The van der Waals surface area contributed by atoms with Crippen LogP contribution in [0.2, 0.25) is 0 Å². The summed E-state index contributed by atoms with van der Waals surface area (Å²) in [6.07, 6.45) is -4.67. The summed E-state index contributed by atoms with van der Waals surface area (Å²) in [6.45, 7) is -0.202. The third-order valence-electron chi connectivity index (χ3n) is 5.15. The Morgan fingerprint density at radius 2 is 1.72 bits per heavy atom. The molecule has 0 radical (unpaired) electrons. The molecule has 156 valence electrons. The number of benzene rings is 2. The van der Waals surface area contributed by atoms with Gasteiger partial charge in [-0.2, -0.15) is 0 Å². The fourth-order valence-corrected chi connectivity index (χ4v) is 3.53. The molecule has 2 aromatic carbocycles. The summed E-state index contributed by atoms with van der Waals surface area (Å²) in [5, 5.41) is 58.7. The van der Waals surface area contributed by atoms with Gasteiger partial charge in [-0.1, -0.05) is 6.07 Å². The van der Waals surface area contributed by atoms with Crippen molar-refractivity contribution >= 4 is 0 Å². The Balaban J connectivity index is 1.57. The maximum Gasteiger partial charge on any atom is 0.228 e. The number of aromatic hydroxyl groups is 3. The van der Waals surface area contributed by atoms with Crippen molar-refractivity contribution in [2.24, 2.45) is 0 Å². The molecule has 9 heteroatoms.